The van der Waals surface area contributed by atoms with Gasteiger partial charge in [0.1, 0.15) is 17.1 Å². The molecule has 24 heavy (non-hydrogen) atoms. The number of benzene rings is 1. The molecule has 4 nitrogen and oxygen atoms in total. The fourth-order valence-electron chi connectivity index (χ4n) is 3.48. The normalized spacial score (nSPS) is 14.6. The molecule has 0 bridgehead atoms. The van der Waals surface area contributed by atoms with E-state index in [1.54, 1.807) is 32.2 Å². The fourth-order valence-corrected chi connectivity index (χ4v) is 3.48. The summed E-state index contributed by atoms with van der Waals surface area (Å²) in [5.74, 6) is 1.87. The molecule has 1 heterocycles. The summed E-state index contributed by atoms with van der Waals surface area (Å²) in [5, 5.41) is 1.17. The lowest BCUT2D eigenvalue weighted by Crippen LogP contribution is -2.19. The zero-order chi connectivity index (χ0) is 17.4. The summed E-state index contributed by atoms with van der Waals surface area (Å²) in [5.41, 5.74) is 5.13. The average molecular weight is 327 g/mol. The Bertz CT molecular complexity index is 827. The molecule has 0 fully saturated rings. The Hall–Kier alpha value is -2.23. The number of methoxy groups -OCH3 is 1. The van der Waals surface area contributed by atoms with Crippen molar-refractivity contribution in [2.75, 3.05) is 21.2 Å². The van der Waals surface area contributed by atoms with Gasteiger partial charge in [0.2, 0.25) is 5.91 Å². The first-order valence-corrected chi connectivity index (χ1v) is 8.45. The average Bonchev–Trinajstić information content (AvgIpc) is 2.93. The van der Waals surface area contributed by atoms with Gasteiger partial charge in [-0.1, -0.05) is 0 Å². The van der Waals surface area contributed by atoms with Gasteiger partial charge in [-0.2, -0.15) is 0 Å². The lowest BCUT2D eigenvalue weighted by atomic mass is 9.93. The van der Waals surface area contributed by atoms with Crippen LogP contribution in [0.4, 0.5) is 0 Å². The number of hydrogen-bond donors (Lipinski definition) is 0. The Morgan fingerprint density at radius 1 is 1.29 bits per heavy atom. The van der Waals surface area contributed by atoms with Crippen LogP contribution in [0, 0.1) is 6.92 Å². The molecular formula is C20H25NO3. The number of allylic oxidation sites excluding steroid dienone is 1. The quantitative estimate of drug-likeness (QED) is 0.796. The minimum atomic E-state index is -0.0264. The second-order valence-electron chi connectivity index (χ2n) is 6.73. The topological polar surface area (TPSA) is 42.7 Å². The van der Waals surface area contributed by atoms with Gasteiger partial charge in [0, 0.05) is 48.7 Å². The van der Waals surface area contributed by atoms with Crippen LogP contribution in [0.15, 0.2) is 16.6 Å². The smallest absolute Gasteiger partial charge is 0.246 e. The van der Waals surface area contributed by atoms with Crippen molar-refractivity contribution in [2.45, 2.75) is 39.5 Å². The van der Waals surface area contributed by atoms with Gasteiger partial charge in [-0.3, -0.25) is 4.79 Å². The highest BCUT2D eigenvalue weighted by Gasteiger charge is 2.23. The summed E-state index contributed by atoms with van der Waals surface area (Å²) < 4.78 is 11.8. The van der Waals surface area contributed by atoms with Crippen molar-refractivity contribution in [3.63, 3.8) is 0 Å². The van der Waals surface area contributed by atoms with Crippen molar-refractivity contribution < 1.29 is 13.9 Å². The Labute approximate surface area is 143 Å². The Balaban J connectivity index is 2.22. The van der Waals surface area contributed by atoms with Gasteiger partial charge in [0.05, 0.1) is 7.11 Å². The molecule has 1 aliphatic carbocycles. The molecule has 0 saturated heterocycles. The van der Waals surface area contributed by atoms with Crippen molar-refractivity contribution in [1.29, 1.82) is 0 Å². The number of carbonyl (C=O) groups excluding carboxylic acids is 1. The van der Waals surface area contributed by atoms with Crippen molar-refractivity contribution in [1.82, 2.24) is 4.90 Å². The number of ether oxygens (including phenoxy) is 1. The number of amides is 1. The lowest BCUT2D eigenvalue weighted by molar-refractivity contribution is -0.123. The summed E-state index contributed by atoms with van der Waals surface area (Å²) in [7, 11) is 5.18. The standard InChI is InChI=1S/C20H25NO3/c1-12(10-18(22)21(3)4)15-11-16-14-8-6-7-9-17(14)24-20(16)13(2)19(15)23-5/h10-11H,6-9H2,1-5H3/b12-10+. The third-order valence-electron chi connectivity index (χ3n) is 4.84. The molecule has 0 spiro atoms. The predicted molar refractivity (Wildman–Crippen MR) is 96.5 cm³/mol. The molecule has 1 aromatic heterocycles. The predicted octanol–water partition coefficient (Wildman–Crippen LogP) is 4.12. The van der Waals surface area contributed by atoms with Gasteiger partial charge in [0.25, 0.3) is 0 Å². The molecule has 0 N–H and O–H groups in total. The minimum Gasteiger partial charge on any atom is -0.496 e. The summed E-state index contributed by atoms with van der Waals surface area (Å²) >= 11 is 0. The van der Waals surface area contributed by atoms with Crippen molar-refractivity contribution in [3.05, 3.63) is 34.6 Å². The highest BCUT2D eigenvalue weighted by Crippen LogP contribution is 2.40. The first kappa shape index (κ1) is 16.6. The molecule has 2 aromatic rings. The lowest BCUT2D eigenvalue weighted by Gasteiger charge is -2.14. The number of nitrogens with zero attached hydrogens (tertiary/aromatic N) is 1. The van der Waals surface area contributed by atoms with Crippen LogP contribution < -0.4 is 4.74 Å². The maximum Gasteiger partial charge on any atom is 0.246 e. The van der Waals surface area contributed by atoms with Crippen LogP contribution in [-0.4, -0.2) is 32.0 Å². The van der Waals surface area contributed by atoms with Crippen molar-refractivity contribution in [2.24, 2.45) is 0 Å². The van der Waals surface area contributed by atoms with Crippen LogP contribution in [0.5, 0.6) is 5.75 Å². The van der Waals surface area contributed by atoms with Gasteiger partial charge in [-0.25, -0.2) is 0 Å². The molecule has 3 rings (SSSR count). The number of likely N-dealkylation sites (N-methyl/N-ethyl adjacent to an activating group) is 1. The van der Waals surface area contributed by atoms with Crippen LogP contribution in [0.2, 0.25) is 0 Å². The Morgan fingerprint density at radius 3 is 2.67 bits per heavy atom. The van der Waals surface area contributed by atoms with Gasteiger partial charge in [0.15, 0.2) is 0 Å². The van der Waals surface area contributed by atoms with E-state index in [1.165, 1.54) is 23.8 Å². The molecule has 0 radical (unpaired) electrons. The minimum absolute atomic E-state index is 0.0264. The van der Waals surface area contributed by atoms with E-state index in [0.717, 1.165) is 46.6 Å². The van der Waals surface area contributed by atoms with Crippen LogP contribution in [-0.2, 0) is 17.6 Å². The number of aryl methyl sites for hydroxylation is 3. The van der Waals surface area contributed by atoms with E-state index >= 15 is 0 Å². The zero-order valence-electron chi connectivity index (χ0n) is 15.2. The molecule has 4 heteroatoms. The Kier molecular flexibility index (Phi) is 4.39. The SMILES string of the molecule is COc1c(/C(C)=C/C(=O)N(C)C)cc2c3c(oc2c1C)CCCC3. The molecule has 0 unspecified atom stereocenters. The Morgan fingerprint density at radius 2 is 2.00 bits per heavy atom. The van der Waals surface area contributed by atoms with E-state index < -0.39 is 0 Å². The third kappa shape index (κ3) is 2.70. The van der Waals surface area contributed by atoms with E-state index in [2.05, 4.69) is 6.07 Å². The molecule has 128 valence electrons. The maximum absolute atomic E-state index is 12.0. The van der Waals surface area contributed by atoms with Gasteiger partial charge >= 0.3 is 0 Å². The molecule has 1 amide bonds. The van der Waals surface area contributed by atoms with Crippen molar-refractivity contribution >= 4 is 22.4 Å². The zero-order valence-corrected chi connectivity index (χ0v) is 15.2. The number of fused-ring (bicyclic) bond motifs is 3. The van der Waals surface area contributed by atoms with Gasteiger partial charge in [-0.05, 0) is 44.7 Å². The van der Waals surface area contributed by atoms with E-state index in [-0.39, 0.29) is 5.91 Å². The largest absolute Gasteiger partial charge is 0.496 e. The second-order valence-corrected chi connectivity index (χ2v) is 6.73. The van der Waals surface area contributed by atoms with Gasteiger partial charge in [-0.15, -0.1) is 0 Å². The van der Waals surface area contributed by atoms with Gasteiger partial charge < -0.3 is 14.1 Å². The molecule has 0 aliphatic heterocycles. The molecular weight excluding hydrogens is 302 g/mol. The fraction of sp³-hybridized carbons (Fsp3) is 0.450. The number of rotatable bonds is 3. The highest BCUT2D eigenvalue weighted by atomic mass is 16.5. The first-order valence-electron chi connectivity index (χ1n) is 8.45. The van der Waals surface area contributed by atoms with E-state index in [1.807, 2.05) is 13.8 Å². The van der Waals surface area contributed by atoms with Crippen molar-refractivity contribution in [3.8, 4) is 5.75 Å². The molecule has 1 aliphatic rings. The monoisotopic (exact) mass is 327 g/mol. The summed E-state index contributed by atoms with van der Waals surface area (Å²) in [4.78, 5) is 13.6. The van der Waals surface area contributed by atoms with E-state index in [4.69, 9.17) is 9.15 Å². The number of carbonyl (C=O) groups is 1. The number of furan rings is 1. The van der Waals surface area contributed by atoms with Crippen LogP contribution in [0.1, 0.15) is 42.2 Å². The van der Waals surface area contributed by atoms with Crippen LogP contribution in [0.25, 0.3) is 16.5 Å². The highest BCUT2D eigenvalue weighted by molar-refractivity contribution is 5.98. The summed E-state index contributed by atoms with van der Waals surface area (Å²) in [6.45, 7) is 3.98. The second kappa shape index (κ2) is 6.34. The molecule has 1 aromatic carbocycles. The van der Waals surface area contributed by atoms with Crippen LogP contribution in [0.3, 0.4) is 0 Å². The summed E-state index contributed by atoms with van der Waals surface area (Å²) in [6, 6.07) is 2.13. The van der Waals surface area contributed by atoms with E-state index in [9.17, 15) is 4.79 Å². The van der Waals surface area contributed by atoms with Crippen LogP contribution >= 0.6 is 0 Å². The summed E-state index contributed by atoms with van der Waals surface area (Å²) in [6.07, 6.45) is 6.12. The first-order chi connectivity index (χ1) is 11.4. The maximum atomic E-state index is 12.0. The third-order valence-corrected chi connectivity index (χ3v) is 4.84. The molecule has 0 saturated carbocycles. The van der Waals surface area contributed by atoms with E-state index in [0.29, 0.717) is 0 Å². The molecule has 0 atom stereocenters. The number of hydrogen-bond acceptors (Lipinski definition) is 3.